The maximum absolute atomic E-state index is 13.5. The van der Waals surface area contributed by atoms with Crippen LogP contribution in [0.5, 0.6) is 0 Å². The Morgan fingerprint density at radius 3 is 2.59 bits per heavy atom. The molecule has 1 aromatic carbocycles. The maximum Gasteiger partial charge on any atom is 0.297 e. The smallest absolute Gasteiger partial charge is 0.297 e. The van der Waals surface area contributed by atoms with Gasteiger partial charge in [0.15, 0.2) is 11.6 Å². The van der Waals surface area contributed by atoms with Crippen molar-refractivity contribution >= 4 is 27.4 Å². The molecule has 8 nitrogen and oxygen atoms in total. The van der Waals surface area contributed by atoms with Crippen molar-refractivity contribution in [2.24, 2.45) is 34.5 Å². The zero-order chi connectivity index (χ0) is 26.8. The Labute approximate surface area is 216 Å². The fraction of sp³-hybridized carbons (Fsp3) is 0.500. The quantitative estimate of drug-likeness (QED) is 0.223. The Hall–Kier alpha value is -2.91. The molecule has 4 aliphatic carbocycles. The van der Waals surface area contributed by atoms with Crippen LogP contribution in [0.4, 0.5) is 5.69 Å². The van der Waals surface area contributed by atoms with Gasteiger partial charge in [-0.1, -0.05) is 37.1 Å². The van der Waals surface area contributed by atoms with Crippen LogP contribution >= 0.6 is 0 Å². The highest BCUT2D eigenvalue weighted by Gasteiger charge is 2.59. The normalized spacial score (nSPS) is 34.6. The fourth-order valence-electron chi connectivity index (χ4n) is 7.60. The molecule has 0 saturated heterocycles. The molecule has 4 aliphatic rings. The van der Waals surface area contributed by atoms with Crippen molar-refractivity contribution < 1.29 is 27.1 Å². The van der Waals surface area contributed by atoms with E-state index >= 15 is 0 Å². The molecule has 0 aliphatic heterocycles. The van der Waals surface area contributed by atoms with Gasteiger partial charge in [-0.05, 0) is 80.1 Å². The zero-order valence-corrected chi connectivity index (χ0v) is 22.0. The number of hydrogen-bond donors (Lipinski definition) is 0. The lowest BCUT2D eigenvalue weighted by Gasteiger charge is -2.52. The van der Waals surface area contributed by atoms with Crippen molar-refractivity contribution in [2.45, 2.75) is 51.3 Å². The van der Waals surface area contributed by atoms with Gasteiger partial charge < -0.3 is 0 Å². The van der Waals surface area contributed by atoms with Crippen LogP contribution in [0.2, 0.25) is 0 Å². The van der Waals surface area contributed by atoms with Gasteiger partial charge in [0.1, 0.15) is 6.61 Å². The number of nitro benzene ring substituents is 1. The summed E-state index contributed by atoms with van der Waals surface area (Å²) in [5, 5.41) is 10.8. The minimum Gasteiger partial charge on any atom is -0.297 e. The molecule has 196 valence electrons. The summed E-state index contributed by atoms with van der Waals surface area (Å²) in [5.41, 5.74) is 1.71. The average Bonchev–Trinajstić information content (AvgIpc) is 3.13. The molecule has 0 spiro atoms. The molecule has 1 unspecified atom stereocenters. The molecule has 9 heteroatoms. The Kier molecular flexibility index (Phi) is 6.15. The number of nitrogens with zero attached hydrogens (tertiary/aromatic N) is 1. The van der Waals surface area contributed by atoms with Gasteiger partial charge in [-0.3, -0.25) is 23.9 Å². The molecule has 0 N–H and O–H groups in total. The van der Waals surface area contributed by atoms with Crippen LogP contribution in [0, 0.1) is 44.6 Å². The van der Waals surface area contributed by atoms with E-state index in [1.165, 1.54) is 5.57 Å². The zero-order valence-electron chi connectivity index (χ0n) is 21.2. The van der Waals surface area contributed by atoms with E-state index in [1.807, 2.05) is 6.08 Å². The molecule has 6 atom stereocenters. The third-order valence-electron chi connectivity index (χ3n) is 9.33. The van der Waals surface area contributed by atoms with E-state index in [1.54, 1.807) is 12.2 Å². The Morgan fingerprint density at radius 2 is 1.92 bits per heavy atom. The molecule has 1 aromatic rings. The molecular formula is C28H31NO7S. The van der Waals surface area contributed by atoms with E-state index in [4.69, 9.17) is 4.18 Å². The minimum absolute atomic E-state index is 0.0380. The van der Waals surface area contributed by atoms with Gasteiger partial charge in [0.25, 0.3) is 15.8 Å². The molecule has 0 amide bonds. The lowest BCUT2D eigenvalue weighted by molar-refractivity contribution is -0.384. The first kappa shape index (κ1) is 25.7. The summed E-state index contributed by atoms with van der Waals surface area (Å²) in [5.74, 6) is 0.141. The average molecular weight is 526 g/mol. The largest absolute Gasteiger partial charge is 0.297 e. The number of Topliss-reactive ketones (excluding diaryl/α,β-unsaturated/α-hetero) is 1. The first-order chi connectivity index (χ1) is 17.4. The third kappa shape index (κ3) is 4.12. The number of allylic oxidation sites excluding steroid dienone is 6. The molecule has 2 fully saturated rings. The molecule has 37 heavy (non-hydrogen) atoms. The SMILES string of the molecule is CC1C[C@H]2[C@@H]3CCC4=CC(=O)C=C[C@]4(C)C3=CC[C@]2(C)[C@H]1C(=O)COS(=O)(=O)c1ccc([N+](=O)[O-])cc1. The van der Waals surface area contributed by atoms with E-state index in [0.717, 1.165) is 49.1 Å². The van der Waals surface area contributed by atoms with Gasteiger partial charge in [0.05, 0.1) is 9.82 Å². The van der Waals surface area contributed by atoms with E-state index < -0.39 is 21.6 Å². The van der Waals surface area contributed by atoms with E-state index in [-0.39, 0.29) is 50.7 Å². The summed E-state index contributed by atoms with van der Waals surface area (Å²) in [6.45, 7) is 5.83. The highest BCUT2D eigenvalue weighted by Crippen LogP contribution is 2.65. The van der Waals surface area contributed by atoms with Crippen LogP contribution in [0.15, 0.2) is 64.6 Å². The predicted molar refractivity (Wildman–Crippen MR) is 136 cm³/mol. The molecule has 0 radical (unpaired) electrons. The fourth-order valence-corrected chi connectivity index (χ4v) is 8.48. The number of benzene rings is 1. The van der Waals surface area contributed by atoms with Crippen molar-refractivity contribution in [1.29, 1.82) is 0 Å². The number of rotatable bonds is 6. The second-order valence-corrected chi connectivity index (χ2v) is 13.0. The van der Waals surface area contributed by atoms with Gasteiger partial charge >= 0.3 is 0 Å². The number of non-ortho nitro benzene ring substituents is 1. The predicted octanol–water partition coefficient (Wildman–Crippen LogP) is 4.96. The number of carbonyl (C=O) groups is 2. The van der Waals surface area contributed by atoms with Gasteiger partial charge in [-0.25, -0.2) is 0 Å². The van der Waals surface area contributed by atoms with Crippen LogP contribution in [-0.4, -0.2) is 31.5 Å². The molecule has 2 saturated carbocycles. The first-order valence-electron chi connectivity index (χ1n) is 12.7. The Bertz CT molecular complexity index is 1370. The van der Waals surface area contributed by atoms with Crippen LogP contribution in [0.3, 0.4) is 0 Å². The molecule has 5 rings (SSSR count). The van der Waals surface area contributed by atoms with E-state index in [0.29, 0.717) is 12.3 Å². The van der Waals surface area contributed by atoms with Crippen molar-refractivity contribution in [1.82, 2.24) is 0 Å². The summed E-state index contributed by atoms with van der Waals surface area (Å²) in [6.07, 6.45) is 11.1. The van der Waals surface area contributed by atoms with Gasteiger partial charge in [-0.2, -0.15) is 8.42 Å². The maximum atomic E-state index is 13.5. The number of nitro groups is 1. The van der Waals surface area contributed by atoms with E-state index in [9.17, 15) is 28.1 Å². The van der Waals surface area contributed by atoms with Crippen LogP contribution < -0.4 is 0 Å². The molecular weight excluding hydrogens is 494 g/mol. The molecule has 0 heterocycles. The summed E-state index contributed by atoms with van der Waals surface area (Å²) < 4.78 is 30.5. The van der Waals surface area contributed by atoms with Crippen molar-refractivity contribution in [2.75, 3.05) is 6.61 Å². The number of fused-ring (bicyclic) bond motifs is 5. The highest BCUT2D eigenvalue weighted by molar-refractivity contribution is 7.86. The summed E-state index contributed by atoms with van der Waals surface area (Å²) in [4.78, 5) is 35.5. The van der Waals surface area contributed by atoms with Crippen molar-refractivity contribution in [3.8, 4) is 0 Å². The molecule has 0 bridgehead atoms. The number of hydrogen-bond acceptors (Lipinski definition) is 7. The Balaban J connectivity index is 1.35. The van der Waals surface area contributed by atoms with Gasteiger partial charge in [0.2, 0.25) is 0 Å². The van der Waals surface area contributed by atoms with Crippen molar-refractivity contribution in [3.63, 3.8) is 0 Å². The Morgan fingerprint density at radius 1 is 1.22 bits per heavy atom. The number of carbonyl (C=O) groups excluding carboxylic acids is 2. The van der Waals surface area contributed by atoms with E-state index in [2.05, 4.69) is 26.8 Å². The topological polar surface area (TPSA) is 121 Å². The van der Waals surface area contributed by atoms with Gasteiger partial charge in [-0.15, -0.1) is 0 Å². The van der Waals surface area contributed by atoms with Crippen LogP contribution in [0.1, 0.15) is 46.5 Å². The van der Waals surface area contributed by atoms with Crippen LogP contribution in [-0.2, 0) is 23.9 Å². The molecule has 0 aromatic heterocycles. The standard InChI is InChI=1S/C28H31NO7S/c1-17-14-24-22-9-4-18-15-20(30)10-12-27(18,2)23(22)11-13-28(24,3)26(17)25(31)16-36-37(34,35)21-7-5-19(6-8-21)29(32)33/h5-8,10-12,15,17,22,24,26H,4,9,13-14,16H2,1-3H3/t17?,22-,24+,26-,27+,28+/m1/s1. The monoisotopic (exact) mass is 525 g/mol. The summed E-state index contributed by atoms with van der Waals surface area (Å²) >= 11 is 0. The summed E-state index contributed by atoms with van der Waals surface area (Å²) in [7, 11) is -4.24. The number of ketones is 2. The van der Waals surface area contributed by atoms with Crippen molar-refractivity contribution in [3.05, 3.63) is 69.8 Å². The first-order valence-corrected chi connectivity index (χ1v) is 14.1. The van der Waals surface area contributed by atoms with Crippen LogP contribution in [0.25, 0.3) is 0 Å². The second-order valence-electron chi connectivity index (χ2n) is 11.4. The second kappa shape index (κ2) is 8.84. The lowest BCUT2D eigenvalue weighted by atomic mass is 9.52. The van der Waals surface area contributed by atoms with Gasteiger partial charge in [0, 0.05) is 23.5 Å². The third-order valence-corrected chi connectivity index (χ3v) is 10.6. The minimum atomic E-state index is -4.24. The highest BCUT2D eigenvalue weighted by atomic mass is 32.2. The summed E-state index contributed by atoms with van der Waals surface area (Å²) in [6, 6.07) is 4.41. The lowest BCUT2D eigenvalue weighted by Crippen LogP contribution is -2.45.